The van der Waals surface area contributed by atoms with E-state index in [0.29, 0.717) is 21.7 Å². The zero-order valence-electron chi connectivity index (χ0n) is 19.5. The Balaban J connectivity index is 0.00000370. The van der Waals surface area contributed by atoms with E-state index in [9.17, 15) is 39.5 Å². The third-order valence-electron chi connectivity index (χ3n) is 5.82. The third-order valence-corrected chi connectivity index (χ3v) is 5.82. The van der Waals surface area contributed by atoms with Crippen molar-refractivity contribution in [1.29, 1.82) is 0 Å². The van der Waals surface area contributed by atoms with Crippen LogP contribution in [0.3, 0.4) is 0 Å². The van der Waals surface area contributed by atoms with E-state index in [1.54, 1.807) is 54.6 Å². The van der Waals surface area contributed by atoms with E-state index in [2.05, 4.69) is 16.3 Å². The van der Waals surface area contributed by atoms with E-state index in [1.165, 1.54) is 6.07 Å². The number of halogens is 9. The molecule has 0 amide bonds. The molecule has 0 spiro atoms. The minimum absolute atomic E-state index is 0. The summed E-state index contributed by atoms with van der Waals surface area (Å²) in [6.45, 7) is 0. The molecular formula is C27H12F9IrN2O-. The van der Waals surface area contributed by atoms with Gasteiger partial charge in [-0.25, -0.2) is 0 Å². The third kappa shape index (κ3) is 5.48. The molecule has 4 aromatic carbocycles. The Bertz CT molecular complexity index is 1700. The Morgan fingerprint density at radius 3 is 1.77 bits per heavy atom. The summed E-state index contributed by atoms with van der Waals surface area (Å²) < 4.78 is 128. The topological polar surface area (TPSA) is 35.0 Å². The van der Waals surface area contributed by atoms with E-state index in [4.69, 9.17) is 4.74 Å². The van der Waals surface area contributed by atoms with Crippen molar-refractivity contribution in [3.8, 4) is 22.9 Å². The summed E-state index contributed by atoms with van der Waals surface area (Å²) in [6.07, 6.45) is -17.6. The molecule has 1 radical (unpaired) electrons. The largest absolute Gasteiger partial charge is 0.436 e. The molecule has 0 aliphatic carbocycles. The van der Waals surface area contributed by atoms with Crippen LogP contribution >= 0.6 is 0 Å². The van der Waals surface area contributed by atoms with Gasteiger partial charge < -0.3 is 4.74 Å². The predicted octanol–water partition coefficient (Wildman–Crippen LogP) is 9.10. The van der Waals surface area contributed by atoms with Crippen LogP contribution in [0.4, 0.5) is 39.5 Å². The van der Waals surface area contributed by atoms with Gasteiger partial charge in [0.05, 0.1) is 11.1 Å². The maximum absolute atomic E-state index is 13.9. The standard InChI is InChI=1S/C27H12F9N2O.Ir/c28-25(29,30)19-10-11-20(22(27(34,35)36)21(19)26(31,32)33)39-24-18-13-16-9-5-4-8-15(16)12-17(18)23(37-38-24)14-6-2-1-3-7-14;/h1-6,8-13H;/q-1;. The number of ether oxygens (including phenoxy) is 1. The molecule has 1 aromatic heterocycles. The molecule has 13 heteroatoms. The summed E-state index contributed by atoms with van der Waals surface area (Å²) in [5.41, 5.74) is -7.31. The summed E-state index contributed by atoms with van der Waals surface area (Å²) in [5, 5.41) is 9.49. The Morgan fingerprint density at radius 1 is 0.625 bits per heavy atom. The van der Waals surface area contributed by atoms with Gasteiger partial charge in [-0.2, -0.15) is 44.6 Å². The van der Waals surface area contributed by atoms with Gasteiger partial charge in [-0.3, -0.25) is 0 Å². The van der Waals surface area contributed by atoms with Crippen LogP contribution in [-0.2, 0) is 38.6 Å². The van der Waals surface area contributed by atoms with Crippen LogP contribution in [0.15, 0.2) is 72.8 Å². The van der Waals surface area contributed by atoms with Gasteiger partial charge in [-0.15, -0.1) is 41.0 Å². The molecule has 0 atom stereocenters. The van der Waals surface area contributed by atoms with Crippen LogP contribution in [0.1, 0.15) is 16.7 Å². The normalized spacial score (nSPS) is 12.4. The molecule has 0 saturated heterocycles. The Kier molecular flexibility index (Phi) is 7.59. The quantitative estimate of drug-likeness (QED) is 0.105. The van der Waals surface area contributed by atoms with E-state index in [0.717, 1.165) is 0 Å². The van der Waals surface area contributed by atoms with Crippen molar-refractivity contribution in [3.05, 3.63) is 95.6 Å². The SMILES string of the molecule is FC(F)(F)c1ccc(Oc2nnc(-c3[c-]cccc3)c3cc4ccccc4cc23)c(C(F)(F)F)c1C(F)(F)F.[Ir]. The number of aromatic nitrogens is 2. The summed E-state index contributed by atoms with van der Waals surface area (Å²) in [5.74, 6) is -2.14. The molecule has 0 N–H and O–H groups in total. The average molecular weight is 744 g/mol. The summed E-state index contributed by atoms with van der Waals surface area (Å²) >= 11 is 0. The fourth-order valence-corrected chi connectivity index (χ4v) is 4.22. The fraction of sp³-hybridized carbons (Fsp3) is 0.111. The number of alkyl halides is 9. The second-order valence-corrected chi connectivity index (χ2v) is 8.33. The molecule has 3 nitrogen and oxygen atoms in total. The van der Waals surface area contributed by atoms with Crippen molar-refractivity contribution in [3.63, 3.8) is 0 Å². The van der Waals surface area contributed by atoms with Crippen LogP contribution in [-0.4, -0.2) is 10.2 Å². The van der Waals surface area contributed by atoms with Crippen molar-refractivity contribution >= 4 is 21.5 Å². The monoisotopic (exact) mass is 744 g/mol. The smallest absolute Gasteiger partial charge is 0.420 e. The molecule has 209 valence electrons. The zero-order valence-corrected chi connectivity index (χ0v) is 21.9. The Morgan fingerprint density at radius 2 is 1.23 bits per heavy atom. The molecule has 40 heavy (non-hydrogen) atoms. The first kappa shape index (κ1) is 29.3. The van der Waals surface area contributed by atoms with Crippen LogP contribution < -0.4 is 4.74 Å². The van der Waals surface area contributed by atoms with Gasteiger partial charge in [0.25, 0.3) is 0 Å². The molecule has 0 saturated carbocycles. The maximum atomic E-state index is 13.9. The summed E-state index contributed by atoms with van der Waals surface area (Å²) in [7, 11) is 0. The summed E-state index contributed by atoms with van der Waals surface area (Å²) in [4.78, 5) is 0. The predicted molar refractivity (Wildman–Crippen MR) is 123 cm³/mol. The van der Waals surface area contributed by atoms with Crippen molar-refractivity contribution in [2.24, 2.45) is 0 Å². The molecule has 1 heterocycles. The van der Waals surface area contributed by atoms with E-state index in [1.807, 2.05) is 0 Å². The molecule has 0 unspecified atom stereocenters. The molecule has 0 aliphatic heterocycles. The molecule has 0 aliphatic rings. The second-order valence-electron chi connectivity index (χ2n) is 8.33. The van der Waals surface area contributed by atoms with Gasteiger partial charge in [-0.1, -0.05) is 30.3 Å². The van der Waals surface area contributed by atoms with Crippen molar-refractivity contribution in [2.75, 3.05) is 0 Å². The Hall–Kier alpha value is -3.70. The average Bonchev–Trinajstić information content (AvgIpc) is 2.86. The van der Waals surface area contributed by atoms with E-state index >= 15 is 0 Å². The molecular weight excluding hydrogens is 732 g/mol. The number of fused-ring (bicyclic) bond motifs is 2. The maximum Gasteiger partial charge on any atom is 0.420 e. The van der Waals surface area contributed by atoms with E-state index in [-0.39, 0.29) is 43.3 Å². The zero-order chi connectivity index (χ0) is 28.2. The molecule has 0 fully saturated rings. The first-order valence-electron chi connectivity index (χ1n) is 11.0. The van der Waals surface area contributed by atoms with Gasteiger partial charge in [0.1, 0.15) is 11.3 Å². The number of nitrogens with zero attached hydrogens (tertiary/aromatic N) is 2. The number of hydrogen-bond donors (Lipinski definition) is 0. The Labute approximate surface area is 232 Å². The first-order valence-corrected chi connectivity index (χ1v) is 11.0. The van der Waals surface area contributed by atoms with Gasteiger partial charge in [0.2, 0.25) is 5.88 Å². The molecule has 5 rings (SSSR count). The van der Waals surface area contributed by atoms with Gasteiger partial charge >= 0.3 is 18.5 Å². The second kappa shape index (κ2) is 10.4. The first-order chi connectivity index (χ1) is 18.2. The van der Waals surface area contributed by atoms with Gasteiger partial charge in [0.15, 0.2) is 0 Å². The van der Waals surface area contributed by atoms with Crippen LogP contribution in [0, 0.1) is 6.07 Å². The van der Waals surface area contributed by atoms with Crippen molar-refractivity contribution in [1.82, 2.24) is 10.2 Å². The van der Waals surface area contributed by atoms with Crippen molar-refractivity contribution in [2.45, 2.75) is 18.5 Å². The number of benzene rings is 4. The molecule has 0 bridgehead atoms. The number of rotatable bonds is 3. The summed E-state index contributed by atoms with van der Waals surface area (Å²) in [6, 6.07) is 19.6. The van der Waals surface area contributed by atoms with Crippen LogP contribution in [0.5, 0.6) is 11.6 Å². The minimum Gasteiger partial charge on any atom is -0.436 e. The van der Waals surface area contributed by atoms with Gasteiger partial charge in [0, 0.05) is 31.2 Å². The fourth-order valence-electron chi connectivity index (χ4n) is 4.22. The van der Waals surface area contributed by atoms with Crippen LogP contribution in [0.25, 0.3) is 32.8 Å². The van der Waals surface area contributed by atoms with Crippen molar-refractivity contribution < 1.29 is 64.4 Å². The van der Waals surface area contributed by atoms with E-state index < -0.39 is 46.8 Å². The van der Waals surface area contributed by atoms with Gasteiger partial charge in [-0.05, 0) is 34.4 Å². The molecule has 5 aromatic rings. The minimum atomic E-state index is -6.01. The number of hydrogen-bond acceptors (Lipinski definition) is 3. The van der Waals surface area contributed by atoms with Crippen LogP contribution in [0.2, 0.25) is 0 Å².